The molecular weight excluding hydrogens is 474 g/mol. The number of nitrogens with one attached hydrogen (secondary N) is 2. The molecule has 3 aliphatic heterocycles. The molecule has 10 heteroatoms. The van der Waals surface area contributed by atoms with Crippen LogP contribution < -0.4 is 34.6 Å². The lowest BCUT2D eigenvalue weighted by Gasteiger charge is -2.36. The predicted octanol–water partition coefficient (Wildman–Crippen LogP) is 2.08. The lowest BCUT2D eigenvalue weighted by molar-refractivity contribution is -0.117. The topological polar surface area (TPSA) is 95.6 Å². The van der Waals surface area contributed by atoms with E-state index in [1.165, 1.54) is 5.69 Å². The number of anilines is 2. The highest BCUT2D eigenvalue weighted by molar-refractivity contribution is 5.97. The van der Waals surface area contributed by atoms with Crippen molar-refractivity contribution in [1.29, 1.82) is 0 Å². The molecule has 3 heterocycles. The fourth-order valence-electron chi connectivity index (χ4n) is 5.02. The van der Waals surface area contributed by atoms with Gasteiger partial charge < -0.3 is 34.6 Å². The minimum absolute atomic E-state index is 0.0178. The van der Waals surface area contributed by atoms with Gasteiger partial charge in [0, 0.05) is 63.1 Å². The smallest absolute Gasteiger partial charge is 0.315 e. The Morgan fingerprint density at radius 1 is 1.00 bits per heavy atom. The monoisotopic (exact) mass is 509 g/mol. The van der Waals surface area contributed by atoms with Gasteiger partial charge in [0.1, 0.15) is 19.0 Å². The first-order chi connectivity index (χ1) is 18.1. The number of nitrogens with zero attached hydrogens (tertiary/aromatic N) is 3. The van der Waals surface area contributed by atoms with E-state index >= 15 is 0 Å². The van der Waals surface area contributed by atoms with E-state index in [0.29, 0.717) is 37.8 Å². The van der Waals surface area contributed by atoms with Crippen LogP contribution in [0.1, 0.15) is 12.8 Å². The molecule has 0 aromatic heterocycles. The minimum atomic E-state index is -0.230. The Morgan fingerprint density at radius 3 is 2.49 bits per heavy atom. The number of hydrogen-bond donors (Lipinski definition) is 2. The molecule has 0 aliphatic carbocycles. The molecule has 3 amide bonds. The molecule has 0 bridgehead atoms. The van der Waals surface area contributed by atoms with Crippen molar-refractivity contribution in [3.8, 4) is 17.2 Å². The molecule has 1 unspecified atom stereocenters. The molecule has 0 spiro atoms. The van der Waals surface area contributed by atoms with Gasteiger partial charge in [0.2, 0.25) is 5.91 Å². The van der Waals surface area contributed by atoms with Crippen molar-refractivity contribution in [1.82, 2.24) is 15.5 Å². The normalized spacial score (nSPS) is 19.6. The molecule has 3 aliphatic rings. The number of urea groups is 1. The molecular formula is C27H35N5O5. The number of amides is 3. The molecule has 2 saturated heterocycles. The summed E-state index contributed by atoms with van der Waals surface area (Å²) in [6.07, 6.45) is 1.16. The summed E-state index contributed by atoms with van der Waals surface area (Å²) in [6, 6.07) is 13.2. The van der Waals surface area contributed by atoms with Crippen molar-refractivity contribution in [2.75, 3.05) is 75.9 Å². The first-order valence-corrected chi connectivity index (χ1v) is 12.9. The summed E-state index contributed by atoms with van der Waals surface area (Å²) >= 11 is 0. The van der Waals surface area contributed by atoms with E-state index in [2.05, 4.69) is 32.6 Å². The van der Waals surface area contributed by atoms with E-state index in [1.807, 2.05) is 30.3 Å². The number of benzene rings is 2. The van der Waals surface area contributed by atoms with Gasteiger partial charge in [-0.25, -0.2) is 4.79 Å². The van der Waals surface area contributed by atoms with E-state index in [9.17, 15) is 9.59 Å². The molecule has 0 radical (unpaired) electrons. The van der Waals surface area contributed by atoms with Gasteiger partial charge in [0.15, 0.2) is 11.5 Å². The maximum absolute atomic E-state index is 12.6. The summed E-state index contributed by atoms with van der Waals surface area (Å²) in [6.45, 7) is 6.95. The van der Waals surface area contributed by atoms with Crippen molar-refractivity contribution in [2.24, 2.45) is 0 Å². The Hall–Kier alpha value is -3.66. The summed E-state index contributed by atoms with van der Waals surface area (Å²) in [5.41, 5.74) is 1.97. The second kappa shape index (κ2) is 11.6. The Balaban J connectivity index is 0.990. The van der Waals surface area contributed by atoms with Gasteiger partial charge in [-0.3, -0.25) is 9.69 Å². The van der Waals surface area contributed by atoms with Crippen LogP contribution in [0.25, 0.3) is 0 Å². The quantitative estimate of drug-likeness (QED) is 0.526. The van der Waals surface area contributed by atoms with Gasteiger partial charge in [0.25, 0.3) is 0 Å². The molecule has 2 aromatic rings. The summed E-state index contributed by atoms with van der Waals surface area (Å²) < 4.78 is 16.4. The largest absolute Gasteiger partial charge is 0.497 e. The van der Waals surface area contributed by atoms with Crippen molar-refractivity contribution in [3.05, 3.63) is 42.5 Å². The maximum Gasteiger partial charge on any atom is 0.315 e. The lowest BCUT2D eigenvalue weighted by Crippen LogP contribution is -2.47. The summed E-state index contributed by atoms with van der Waals surface area (Å²) in [5, 5.41) is 5.88. The summed E-state index contributed by atoms with van der Waals surface area (Å²) in [7, 11) is 1.68. The van der Waals surface area contributed by atoms with Gasteiger partial charge >= 0.3 is 6.03 Å². The maximum atomic E-state index is 12.6. The average molecular weight is 510 g/mol. The molecule has 37 heavy (non-hydrogen) atoms. The summed E-state index contributed by atoms with van der Waals surface area (Å²) in [4.78, 5) is 31.5. The third-order valence-corrected chi connectivity index (χ3v) is 7.04. The SMILES string of the molecule is COc1ccc(N2CCN(CCCNC(=O)NC3CC(=O)N(c4ccc5c(c4)OCCO5)C3)CC2)cc1. The van der Waals surface area contributed by atoms with Crippen LogP contribution in [0.2, 0.25) is 0 Å². The fraction of sp³-hybridized carbons (Fsp3) is 0.481. The lowest BCUT2D eigenvalue weighted by atomic mass is 10.2. The molecule has 10 nitrogen and oxygen atoms in total. The van der Waals surface area contributed by atoms with Crippen molar-refractivity contribution in [2.45, 2.75) is 18.9 Å². The molecule has 5 rings (SSSR count). The van der Waals surface area contributed by atoms with Crippen molar-refractivity contribution >= 4 is 23.3 Å². The number of piperazine rings is 1. The van der Waals surface area contributed by atoms with E-state index < -0.39 is 0 Å². The number of fused-ring (bicyclic) bond motifs is 1. The van der Waals surface area contributed by atoms with E-state index in [0.717, 1.165) is 50.6 Å². The summed E-state index contributed by atoms with van der Waals surface area (Å²) in [5.74, 6) is 2.19. The van der Waals surface area contributed by atoms with Crippen molar-refractivity contribution < 1.29 is 23.8 Å². The van der Waals surface area contributed by atoms with Crippen molar-refractivity contribution in [3.63, 3.8) is 0 Å². The zero-order valence-electron chi connectivity index (χ0n) is 21.3. The van der Waals surface area contributed by atoms with Crippen LogP contribution in [-0.4, -0.2) is 89.0 Å². The number of methoxy groups -OCH3 is 1. The zero-order valence-corrected chi connectivity index (χ0v) is 21.3. The van der Waals surface area contributed by atoms with Crippen LogP contribution in [0.15, 0.2) is 42.5 Å². The van der Waals surface area contributed by atoms with E-state index in [4.69, 9.17) is 14.2 Å². The van der Waals surface area contributed by atoms with Gasteiger partial charge in [-0.2, -0.15) is 0 Å². The van der Waals surface area contributed by atoms with E-state index in [1.54, 1.807) is 12.0 Å². The minimum Gasteiger partial charge on any atom is -0.497 e. The third kappa shape index (κ3) is 6.19. The van der Waals surface area contributed by atoms with Gasteiger partial charge in [0.05, 0.1) is 13.2 Å². The highest BCUT2D eigenvalue weighted by atomic mass is 16.6. The second-order valence-corrected chi connectivity index (χ2v) is 9.51. The second-order valence-electron chi connectivity index (χ2n) is 9.51. The van der Waals surface area contributed by atoms with Gasteiger partial charge in [-0.05, 0) is 49.4 Å². The van der Waals surface area contributed by atoms with Crippen LogP contribution in [0.4, 0.5) is 16.2 Å². The van der Waals surface area contributed by atoms with Gasteiger partial charge in [-0.1, -0.05) is 0 Å². The third-order valence-electron chi connectivity index (χ3n) is 7.04. The number of carbonyl (C=O) groups is 2. The number of ether oxygens (including phenoxy) is 3. The van der Waals surface area contributed by atoms with Crippen LogP contribution in [-0.2, 0) is 4.79 Å². The Bertz CT molecular complexity index is 1090. The zero-order chi connectivity index (χ0) is 25.6. The average Bonchev–Trinajstić information content (AvgIpc) is 3.30. The Kier molecular flexibility index (Phi) is 7.84. The molecule has 2 fully saturated rings. The molecule has 2 N–H and O–H groups in total. The highest BCUT2D eigenvalue weighted by Gasteiger charge is 2.32. The number of hydrogen-bond acceptors (Lipinski definition) is 7. The molecule has 2 aromatic carbocycles. The first kappa shape index (κ1) is 25.0. The molecule has 198 valence electrons. The van der Waals surface area contributed by atoms with Crippen LogP contribution in [0.3, 0.4) is 0 Å². The van der Waals surface area contributed by atoms with Crippen LogP contribution >= 0.6 is 0 Å². The molecule has 0 saturated carbocycles. The van der Waals surface area contributed by atoms with E-state index in [-0.39, 0.29) is 24.4 Å². The Labute approximate surface area is 217 Å². The Morgan fingerprint density at radius 2 is 1.73 bits per heavy atom. The van der Waals surface area contributed by atoms with Crippen LogP contribution in [0.5, 0.6) is 17.2 Å². The number of rotatable bonds is 8. The molecule has 1 atom stereocenters. The number of carbonyl (C=O) groups excluding carboxylic acids is 2. The highest BCUT2D eigenvalue weighted by Crippen LogP contribution is 2.35. The van der Waals surface area contributed by atoms with Crippen LogP contribution in [0, 0.1) is 0 Å². The standard InChI is InChI=1S/C27H35N5O5/c1-35-23-6-3-21(4-7-23)31-13-11-30(12-14-31)10-2-9-28-27(34)29-20-17-26(33)32(19-20)22-5-8-24-25(18-22)37-16-15-36-24/h3-8,18,20H,2,9-17,19H2,1H3,(H2,28,29,34). The van der Waals surface area contributed by atoms with Gasteiger partial charge in [-0.15, -0.1) is 0 Å². The predicted molar refractivity (Wildman–Crippen MR) is 141 cm³/mol. The first-order valence-electron chi connectivity index (χ1n) is 12.9. The fourth-order valence-corrected chi connectivity index (χ4v) is 5.02.